The Balaban J connectivity index is 1.69. The molecular weight excluding hydrogens is 336 g/mol. The van der Waals surface area contributed by atoms with Gasteiger partial charge in [0.1, 0.15) is 6.10 Å². The average Bonchev–Trinajstić information content (AvgIpc) is 2.60. The van der Waals surface area contributed by atoms with Gasteiger partial charge in [0.2, 0.25) is 0 Å². The highest BCUT2D eigenvalue weighted by atomic mass is 35.5. The molecule has 1 atom stereocenters. The molecule has 3 rings (SSSR count). The lowest BCUT2D eigenvalue weighted by molar-refractivity contribution is -0.0804. The van der Waals surface area contributed by atoms with E-state index in [0.29, 0.717) is 24.7 Å². The molecule has 1 unspecified atom stereocenters. The zero-order valence-electron chi connectivity index (χ0n) is 14.5. The highest BCUT2D eigenvalue weighted by molar-refractivity contribution is 6.30. The lowest BCUT2D eigenvalue weighted by atomic mass is 9.98. The summed E-state index contributed by atoms with van der Waals surface area (Å²) in [7, 11) is 0. The molecule has 2 amide bonds. The summed E-state index contributed by atoms with van der Waals surface area (Å²) in [6.45, 7) is 5.51. The van der Waals surface area contributed by atoms with Crippen LogP contribution < -0.4 is 5.32 Å². The summed E-state index contributed by atoms with van der Waals surface area (Å²) in [6, 6.07) is 17.4. The zero-order chi connectivity index (χ0) is 17.9. The number of urea groups is 1. The van der Waals surface area contributed by atoms with E-state index in [1.165, 1.54) is 0 Å². The van der Waals surface area contributed by atoms with Crippen LogP contribution in [0.5, 0.6) is 0 Å². The number of benzene rings is 2. The van der Waals surface area contributed by atoms with Crippen LogP contribution in [0.3, 0.4) is 0 Å². The third-order valence-corrected chi connectivity index (χ3v) is 4.70. The van der Waals surface area contributed by atoms with Crippen molar-refractivity contribution in [3.05, 3.63) is 70.7 Å². The number of carbonyl (C=O) groups excluding carboxylic acids is 1. The van der Waals surface area contributed by atoms with Crippen molar-refractivity contribution in [1.82, 2.24) is 10.2 Å². The van der Waals surface area contributed by atoms with Crippen LogP contribution >= 0.6 is 11.6 Å². The third-order valence-electron chi connectivity index (χ3n) is 4.47. The molecule has 1 aliphatic heterocycles. The smallest absolute Gasteiger partial charge is 0.318 e. The number of nitrogens with one attached hydrogen (secondary N) is 1. The van der Waals surface area contributed by atoms with Gasteiger partial charge in [-0.2, -0.15) is 0 Å². The van der Waals surface area contributed by atoms with Gasteiger partial charge in [-0.15, -0.1) is 0 Å². The van der Waals surface area contributed by atoms with E-state index in [2.05, 4.69) is 5.32 Å². The molecule has 1 heterocycles. The third kappa shape index (κ3) is 4.33. The predicted molar refractivity (Wildman–Crippen MR) is 99.6 cm³/mol. The Hall–Kier alpha value is -2.04. The van der Waals surface area contributed by atoms with Crippen molar-refractivity contribution >= 4 is 17.6 Å². The zero-order valence-corrected chi connectivity index (χ0v) is 15.3. The molecule has 0 radical (unpaired) electrons. The maximum Gasteiger partial charge on any atom is 0.318 e. The molecule has 25 heavy (non-hydrogen) atoms. The van der Waals surface area contributed by atoms with Gasteiger partial charge in [0, 0.05) is 11.6 Å². The first-order valence-electron chi connectivity index (χ1n) is 8.42. The van der Waals surface area contributed by atoms with E-state index in [-0.39, 0.29) is 17.7 Å². The SMILES string of the molecule is CC1(C)COC(c2cccc(Cl)c2)CN1C(=O)NCc1ccccc1. The molecule has 1 fully saturated rings. The molecule has 0 aromatic heterocycles. The normalized spacial score (nSPS) is 19.5. The summed E-state index contributed by atoms with van der Waals surface area (Å²) in [5, 5.41) is 3.69. The largest absolute Gasteiger partial charge is 0.369 e. The fourth-order valence-corrected chi connectivity index (χ4v) is 3.18. The molecule has 0 spiro atoms. The molecule has 1 saturated heterocycles. The Labute approximate surface area is 153 Å². The first-order chi connectivity index (χ1) is 12.0. The van der Waals surface area contributed by atoms with Crippen molar-refractivity contribution in [1.29, 1.82) is 0 Å². The molecule has 2 aromatic carbocycles. The molecule has 1 N–H and O–H groups in total. The number of ether oxygens (including phenoxy) is 1. The number of halogens is 1. The van der Waals surface area contributed by atoms with E-state index < -0.39 is 0 Å². The van der Waals surface area contributed by atoms with Crippen molar-refractivity contribution in [2.45, 2.75) is 32.0 Å². The van der Waals surface area contributed by atoms with Gasteiger partial charge in [-0.1, -0.05) is 54.1 Å². The van der Waals surface area contributed by atoms with Crippen LogP contribution in [0.15, 0.2) is 54.6 Å². The second kappa shape index (κ2) is 7.46. The van der Waals surface area contributed by atoms with E-state index >= 15 is 0 Å². The Morgan fingerprint density at radius 1 is 1.24 bits per heavy atom. The fraction of sp³-hybridized carbons (Fsp3) is 0.350. The molecule has 1 aliphatic rings. The second-order valence-corrected chi connectivity index (χ2v) is 7.36. The van der Waals surface area contributed by atoms with Crippen LogP contribution in [-0.2, 0) is 11.3 Å². The van der Waals surface area contributed by atoms with Gasteiger partial charge in [0.15, 0.2) is 0 Å². The van der Waals surface area contributed by atoms with E-state index in [4.69, 9.17) is 16.3 Å². The van der Waals surface area contributed by atoms with Crippen LogP contribution in [0.2, 0.25) is 5.02 Å². The van der Waals surface area contributed by atoms with Crippen molar-refractivity contribution < 1.29 is 9.53 Å². The Morgan fingerprint density at radius 3 is 2.72 bits per heavy atom. The molecule has 0 bridgehead atoms. The van der Waals surface area contributed by atoms with Crippen LogP contribution in [-0.4, -0.2) is 29.6 Å². The first-order valence-corrected chi connectivity index (χ1v) is 8.80. The number of rotatable bonds is 3. The molecule has 4 nitrogen and oxygen atoms in total. The van der Waals surface area contributed by atoms with E-state index in [1.807, 2.05) is 73.3 Å². The Morgan fingerprint density at radius 2 is 2.00 bits per heavy atom. The monoisotopic (exact) mass is 358 g/mol. The van der Waals surface area contributed by atoms with Gasteiger partial charge in [0.25, 0.3) is 0 Å². The molecule has 0 aliphatic carbocycles. The van der Waals surface area contributed by atoms with E-state index in [9.17, 15) is 4.79 Å². The number of amides is 2. The van der Waals surface area contributed by atoms with Crippen LogP contribution in [0.1, 0.15) is 31.1 Å². The Bertz CT molecular complexity index is 733. The lowest BCUT2D eigenvalue weighted by Gasteiger charge is -2.45. The van der Waals surface area contributed by atoms with Crippen LogP contribution in [0.25, 0.3) is 0 Å². The summed E-state index contributed by atoms with van der Waals surface area (Å²) >= 11 is 6.09. The van der Waals surface area contributed by atoms with E-state index in [1.54, 1.807) is 0 Å². The van der Waals surface area contributed by atoms with Gasteiger partial charge < -0.3 is 15.0 Å². The molecule has 2 aromatic rings. The number of nitrogens with zero attached hydrogens (tertiary/aromatic N) is 1. The number of carbonyl (C=O) groups is 1. The average molecular weight is 359 g/mol. The second-order valence-electron chi connectivity index (χ2n) is 6.92. The van der Waals surface area contributed by atoms with E-state index in [0.717, 1.165) is 11.1 Å². The summed E-state index contributed by atoms with van der Waals surface area (Å²) in [5.41, 5.74) is 1.70. The van der Waals surface area contributed by atoms with Crippen molar-refractivity contribution in [3.8, 4) is 0 Å². The topological polar surface area (TPSA) is 41.6 Å². The summed E-state index contributed by atoms with van der Waals surface area (Å²) < 4.78 is 6.00. The molecule has 0 saturated carbocycles. The highest BCUT2D eigenvalue weighted by Gasteiger charge is 2.38. The first kappa shape index (κ1) is 17.8. The van der Waals surface area contributed by atoms with Crippen molar-refractivity contribution in [2.75, 3.05) is 13.2 Å². The van der Waals surface area contributed by atoms with Gasteiger partial charge >= 0.3 is 6.03 Å². The fourth-order valence-electron chi connectivity index (χ4n) is 2.98. The summed E-state index contributed by atoms with van der Waals surface area (Å²) in [5.74, 6) is 0. The van der Waals surface area contributed by atoms with Crippen LogP contribution in [0, 0.1) is 0 Å². The Kier molecular flexibility index (Phi) is 5.30. The summed E-state index contributed by atoms with van der Waals surface area (Å²) in [4.78, 5) is 14.6. The number of hydrogen-bond donors (Lipinski definition) is 1. The number of morpholine rings is 1. The van der Waals surface area contributed by atoms with Crippen LogP contribution in [0.4, 0.5) is 4.79 Å². The van der Waals surface area contributed by atoms with Gasteiger partial charge in [-0.05, 0) is 37.1 Å². The van der Waals surface area contributed by atoms with Gasteiger partial charge in [-0.3, -0.25) is 0 Å². The standard InChI is InChI=1S/C20H23ClN2O2/c1-20(2)14-25-18(16-9-6-10-17(21)11-16)13-23(20)19(24)22-12-15-7-4-3-5-8-15/h3-11,18H,12-14H2,1-2H3,(H,22,24). The lowest BCUT2D eigenvalue weighted by Crippen LogP contribution is -2.58. The molecule has 132 valence electrons. The summed E-state index contributed by atoms with van der Waals surface area (Å²) in [6.07, 6.45) is -0.172. The molecular formula is C20H23ClN2O2. The minimum absolute atomic E-state index is 0.0795. The van der Waals surface area contributed by atoms with Gasteiger partial charge in [0.05, 0.1) is 18.7 Å². The van der Waals surface area contributed by atoms with Gasteiger partial charge in [-0.25, -0.2) is 4.79 Å². The minimum Gasteiger partial charge on any atom is -0.369 e. The predicted octanol–water partition coefficient (Wildman–Crippen LogP) is 4.40. The number of hydrogen-bond acceptors (Lipinski definition) is 2. The quantitative estimate of drug-likeness (QED) is 0.883. The maximum atomic E-state index is 12.8. The highest BCUT2D eigenvalue weighted by Crippen LogP contribution is 2.31. The minimum atomic E-state index is -0.365. The van der Waals surface area contributed by atoms with Crippen molar-refractivity contribution in [2.24, 2.45) is 0 Å². The van der Waals surface area contributed by atoms with Crippen molar-refractivity contribution in [3.63, 3.8) is 0 Å². The molecule has 5 heteroatoms. The maximum absolute atomic E-state index is 12.8.